The number of hydrogen-bond donors (Lipinski definition) is 5. The molecule has 1 unspecified atom stereocenters. The van der Waals surface area contributed by atoms with Gasteiger partial charge in [0.1, 0.15) is 17.1 Å². The zero-order chi connectivity index (χ0) is 15.0. The molecule has 0 amide bonds. The van der Waals surface area contributed by atoms with Gasteiger partial charge in [-0.1, -0.05) is 48.5 Å². The summed E-state index contributed by atoms with van der Waals surface area (Å²) in [6.07, 6.45) is 0. The van der Waals surface area contributed by atoms with Gasteiger partial charge >= 0.3 is 0 Å². The van der Waals surface area contributed by atoms with E-state index in [4.69, 9.17) is 22.3 Å². The third kappa shape index (κ3) is 1.71. The molecule has 21 heavy (non-hydrogen) atoms. The van der Waals surface area contributed by atoms with Gasteiger partial charge < -0.3 is 16.8 Å². The number of anilines is 1. The lowest BCUT2D eigenvalue weighted by Crippen LogP contribution is -2.53. The minimum Gasteiger partial charge on any atom is -0.386 e. The lowest BCUT2D eigenvalue weighted by atomic mass is 9.72. The smallest absolute Gasteiger partial charge is 0.135 e. The molecule has 5 nitrogen and oxygen atoms in total. The number of nitrogens with two attached hydrogens (primary N) is 2. The fourth-order valence-corrected chi connectivity index (χ4v) is 3.10. The highest BCUT2D eigenvalue weighted by Gasteiger charge is 2.53. The van der Waals surface area contributed by atoms with Crippen LogP contribution in [-0.2, 0) is 5.41 Å². The van der Waals surface area contributed by atoms with Gasteiger partial charge in [0, 0.05) is 5.69 Å². The van der Waals surface area contributed by atoms with E-state index in [2.05, 4.69) is 5.32 Å². The summed E-state index contributed by atoms with van der Waals surface area (Å²) in [5.41, 5.74) is 13.2. The Morgan fingerprint density at radius 1 is 0.905 bits per heavy atom. The van der Waals surface area contributed by atoms with Crippen molar-refractivity contribution in [3.63, 3.8) is 0 Å². The summed E-state index contributed by atoms with van der Waals surface area (Å²) >= 11 is 0. The van der Waals surface area contributed by atoms with Gasteiger partial charge in [0.15, 0.2) is 0 Å². The molecule has 3 rings (SSSR count). The van der Waals surface area contributed by atoms with Crippen LogP contribution in [0.15, 0.2) is 54.6 Å². The molecule has 0 radical (unpaired) electrons. The number of fused-ring (bicyclic) bond motifs is 1. The van der Waals surface area contributed by atoms with Gasteiger partial charge in [0.25, 0.3) is 0 Å². The third-order valence-corrected chi connectivity index (χ3v) is 4.07. The van der Waals surface area contributed by atoms with Crippen molar-refractivity contribution in [2.24, 2.45) is 11.5 Å². The molecule has 0 aliphatic carbocycles. The Labute approximate surface area is 123 Å². The van der Waals surface area contributed by atoms with Gasteiger partial charge in [0.2, 0.25) is 0 Å². The molecule has 1 aliphatic heterocycles. The van der Waals surface area contributed by atoms with E-state index >= 15 is 0 Å². The Morgan fingerprint density at radius 2 is 1.48 bits per heavy atom. The van der Waals surface area contributed by atoms with E-state index < -0.39 is 5.41 Å². The molecule has 0 spiro atoms. The molecule has 2 aromatic rings. The highest BCUT2D eigenvalue weighted by atomic mass is 15.0. The summed E-state index contributed by atoms with van der Waals surface area (Å²) in [7, 11) is 0. The number of para-hydroxylation sites is 1. The highest BCUT2D eigenvalue weighted by Crippen LogP contribution is 2.48. The van der Waals surface area contributed by atoms with Crippen molar-refractivity contribution in [3.05, 3.63) is 65.7 Å². The van der Waals surface area contributed by atoms with Gasteiger partial charge in [-0.25, -0.2) is 0 Å². The average molecular weight is 279 g/mol. The van der Waals surface area contributed by atoms with Crippen LogP contribution < -0.4 is 16.8 Å². The second kappa shape index (κ2) is 4.63. The molecule has 0 aromatic heterocycles. The number of rotatable bonds is 3. The van der Waals surface area contributed by atoms with Gasteiger partial charge in [-0.05, 0) is 17.2 Å². The first kappa shape index (κ1) is 13.2. The number of benzene rings is 2. The zero-order valence-electron chi connectivity index (χ0n) is 11.4. The minimum atomic E-state index is -1.14. The maximum Gasteiger partial charge on any atom is 0.135 e. The van der Waals surface area contributed by atoms with Crippen LogP contribution in [-0.4, -0.2) is 11.7 Å². The summed E-state index contributed by atoms with van der Waals surface area (Å²) < 4.78 is 0. The van der Waals surface area contributed by atoms with Crippen molar-refractivity contribution in [3.8, 4) is 0 Å². The van der Waals surface area contributed by atoms with Crippen molar-refractivity contribution in [1.29, 1.82) is 10.8 Å². The normalized spacial score (nSPS) is 23.1. The largest absolute Gasteiger partial charge is 0.386 e. The van der Waals surface area contributed by atoms with Crippen molar-refractivity contribution < 1.29 is 0 Å². The monoisotopic (exact) mass is 279 g/mol. The number of amidine groups is 2. The Bertz CT molecular complexity index is 694. The fraction of sp³-hybridized carbons (Fsp3) is 0.125. The van der Waals surface area contributed by atoms with E-state index in [9.17, 15) is 0 Å². The second-order valence-electron chi connectivity index (χ2n) is 5.17. The van der Waals surface area contributed by atoms with Crippen molar-refractivity contribution >= 4 is 17.4 Å². The van der Waals surface area contributed by atoms with E-state index in [1.54, 1.807) is 0 Å². The van der Waals surface area contributed by atoms with Gasteiger partial charge in [-0.3, -0.25) is 10.8 Å². The second-order valence-corrected chi connectivity index (χ2v) is 5.17. The van der Waals surface area contributed by atoms with Crippen molar-refractivity contribution in [1.82, 2.24) is 0 Å². The molecule has 0 bridgehead atoms. The predicted molar refractivity (Wildman–Crippen MR) is 84.8 cm³/mol. The quantitative estimate of drug-likeness (QED) is 0.437. The van der Waals surface area contributed by atoms with Crippen molar-refractivity contribution in [2.75, 3.05) is 5.32 Å². The van der Waals surface area contributed by atoms with Crippen LogP contribution in [0.3, 0.4) is 0 Å². The summed E-state index contributed by atoms with van der Waals surface area (Å²) in [6, 6.07) is 16.9. The SMILES string of the molecule is N=C(N)C1(C(=N)N)c2ccccc2NC1c1ccccc1. The first-order valence-corrected chi connectivity index (χ1v) is 6.68. The van der Waals surface area contributed by atoms with Crippen LogP contribution >= 0.6 is 0 Å². The van der Waals surface area contributed by atoms with Gasteiger partial charge in [-0.2, -0.15) is 0 Å². The summed E-state index contributed by atoms with van der Waals surface area (Å²) in [5, 5.41) is 19.6. The molecule has 5 heteroatoms. The molecule has 1 aliphatic rings. The van der Waals surface area contributed by atoms with E-state index in [1.165, 1.54) is 0 Å². The van der Waals surface area contributed by atoms with Crippen LogP contribution in [0.1, 0.15) is 17.2 Å². The summed E-state index contributed by atoms with van der Waals surface area (Å²) in [4.78, 5) is 0. The molecule has 2 aromatic carbocycles. The molecule has 0 saturated carbocycles. The van der Waals surface area contributed by atoms with E-state index in [0.717, 1.165) is 16.8 Å². The van der Waals surface area contributed by atoms with E-state index in [0.29, 0.717) is 0 Å². The van der Waals surface area contributed by atoms with Crippen LogP contribution in [0.4, 0.5) is 5.69 Å². The average Bonchev–Trinajstić information content (AvgIpc) is 2.84. The van der Waals surface area contributed by atoms with Gasteiger partial charge in [-0.15, -0.1) is 0 Å². The molecule has 106 valence electrons. The molecule has 0 fully saturated rings. The molecular formula is C16H17N5. The van der Waals surface area contributed by atoms with Crippen LogP contribution in [0.2, 0.25) is 0 Å². The lowest BCUT2D eigenvalue weighted by Gasteiger charge is -2.33. The lowest BCUT2D eigenvalue weighted by molar-refractivity contribution is 0.650. The summed E-state index contributed by atoms with van der Waals surface area (Å²) in [5.74, 6) is -0.248. The van der Waals surface area contributed by atoms with Gasteiger partial charge in [0.05, 0.1) is 6.04 Å². The maximum atomic E-state index is 8.10. The fourth-order valence-electron chi connectivity index (χ4n) is 3.10. The molecule has 1 heterocycles. The third-order valence-electron chi connectivity index (χ3n) is 4.07. The van der Waals surface area contributed by atoms with E-state index in [-0.39, 0.29) is 17.7 Å². The summed E-state index contributed by atoms with van der Waals surface area (Å²) in [6.45, 7) is 0. The topological polar surface area (TPSA) is 112 Å². The molecular weight excluding hydrogens is 262 g/mol. The maximum absolute atomic E-state index is 8.10. The van der Waals surface area contributed by atoms with Crippen molar-refractivity contribution in [2.45, 2.75) is 11.5 Å². The highest BCUT2D eigenvalue weighted by molar-refractivity contribution is 6.15. The number of hydrogen-bond acceptors (Lipinski definition) is 3. The van der Waals surface area contributed by atoms with Crippen LogP contribution in [0.25, 0.3) is 0 Å². The van der Waals surface area contributed by atoms with E-state index in [1.807, 2.05) is 54.6 Å². The first-order valence-electron chi connectivity index (χ1n) is 6.68. The molecule has 0 saturated heterocycles. The molecule has 7 N–H and O–H groups in total. The van der Waals surface area contributed by atoms with Crippen LogP contribution in [0.5, 0.6) is 0 Å². The Hall–Kier alpha value is -2.82. The Morgan fingerprint density at radius 3 is 2.10 bits per heavy atom. The zero-order valence-corrected chi connectivity index (χ0v) is 11.4. The first-order chi connectivity index (χ1) is 10.1. The number of nitrogens with one attached hydrogen (secondary N) is 3. The predicted octanol–water partition coefficient (Wildman–Crippen LogP) is 1.96. The Balaban J connectivity index is 2.27. The molecule has 1 atom stereocenters. The van der Waals surface area contributed by atoms with Crippen LogP contribution in [0, 0.1) is 10.8 Å². The minimum absolute atomic E-state index is 0.124. The standard InChI is InChI=1S/C16H17N5/c17-14(18)16(15(19)20)11-8-4-5-9-12(11)21-13(16)10-6-2-1-3-7-10/h1-9,13,21H,(H3,17,18)(H3,19,20). The Kier molecular flexibility index (Phi) is 2.90.